The predicted molar refractivity (Wildman–Crippen MR) is 134 cm³/mol. The van der Waals surface area contributed by atoms with Crippen molar-refractivity contribution < 1.29 is 9.59 Å². The van der Waals surface area contributed by atoms with Crippen molar-refractivity contribution in [1.82, 2.24) is 20.0 Å². The zero-order valence-corrected chi connectivity index (χ0v) is 20.3. The van der Waals surface area contributed by atoms with Gasteiger partial charge in [-0.2, -0.15) is 5.10 Å². The molecule has 176 valence electrons. The average Bonchev–Trinajstić information content (AvgIpc) is 3.35. The highest BCUT2D eigenvalue weighted by Gasteiger charge is 2.25. The van der Waals surface area contributed by atoms with Crippen molar-refractivity contribution in [3.05, 3.63) is 93.8 Å². The number of hydrogen-bond acceptors (Lipinski definition) is 3. The lowest BCUT2D eigenvalue weighted by molar-refractivity contribution is -0.128. The number of benzene rings is 2. The van der Waals surface area contributed by atoms with Gasteiger partial charge in [-0.3, -0.25) is 14.3 Å². The fourth-order valence-corrected chi connectivity index (χ4v) is 4.51. The summed E-state index contributed by atoms with van der Waals surface area (Å²) in [6, 6.07) is 17.2. The van der Waals surface area contributed by atoms with Gasteiger partial charge in [-0.1, -0.05) is 60.1 Å². The molecule has 1 aliphatic heterocycles. The number of carbonyl (C=O) groups is 2. The third kappa shape index (κ3) is 5.57. The van der Waals surface area contributed by atoms with Crippen LogP contribution in [0.25, 0.3) is 6.08 Å². The van der Waals surface area contributed by atoms with Crippen molar-refractivity contribution in [2.45, 2.75) is 39.3 Å². The molecule has 0 aliphatic carbocycles. The van der Waals surface area contributed by atoms with Gasteiger partial charge in [0.25, 0.3) is 0 Å². The van der Waals surface area contributed by atoms with Gasteiger partial charge in [-0.05, 0) is 43.5 Å². The normalized spacial score (nSPS) is 14.7. The van der Waals surface area contributed by atoms with E-state index in [0.717, 1.165) is 41.0 Å². The van der Waals surface area contributed by atoms with Crippen LogP contribution in [0.5, 0.6) is 0 Å². The van der Waals surface area contributed by atoms with E-state index in [9.17, 15) is 9.59 Å². The van der Waals surface area contributed by atoms with Crippen LogP contribution in [-0.2, 0) is 16.1 Å². The first-order valence-corrected chi connectivity index (χ1v) is 11.9. The molecule has 2 aromatic carbocycles. The lowest BCUT2D eigenvalue weighted by atomic mass is 10.1. The molecule has 1 atom stereocenters. The molecule has 1 N–H and O–H groups in total. The van der Waals surface area contributed by atoms with E-state index in [4.69, 9.17) is 11.6 Å². The minimum absolute atomic E-state index is 0.142. The standard InChI is InChI=1S/C27H29ClN4O2/c1-19-23(20(2)32(30-19)17-22-11-6-7-12-24(22)28)14-15-26(33)29-25(21-9-4-3-5-10-21)18-31-16-8-13-27(31)34/h3-7,9-12,14-15,25H,8,13,16-18H2,1-2H3,(H,29,33)/b15-14+. The van der Waals surface area contributed by atoms with Gasteiger partial charge in [-0.25, -0.2) is 0 Å². The van der Waals surface area contributed by atoms with Crippen LogP contribution < -0.4 is 5.32 Å². The summed E-state index contributed by atoms with van der Waals surface area (Å²) in [4.78, 5) is 26.9. The van der Waals surface area contributed by atoms with Crippen molar-refractivity contribution in [2.75, 3.05) is 13.1 Å². The number of nitrogens with zero attached hydrogens (tertiary/aromatic N) is 3. The molecule has 2 heterocycles. The summed E-state index contributed by atoms with van der Waals surface area (Å²) in [7, 11) is 0. The SMILES string of the molecule is Cc1nn(Cc2ccccc2Cl)c(C)c1/C=C/C(=O)NC(CN1CCCC1=O)c1ccccc1. The highest BCUT2D eigenvalue weighted by atomic mass is 35.5. The first-order valence-electron chi connectivity index (χ1n) is 11.5. The molecular weight excluding hydrogens is 448 g/mol. The topological polar surface area (TPSA) is 67.2 Å². The number of aromatic nitrogens is 2. The van der Waals surface area contributed by atoms with E-state index in [0.29, 0.717) is 24.5 Å². The molecule has 0 radical (unpaired) electrons. The largest absolute Gasteiger partial charge is 0.344 e. The van der Waals surface area contributed by atoms with Gasteiger partial charge in [0.15, 0.2) is 0 Å². The number of amides is 2. The maximum Gasteiger partial charge on any atom is 0.244 e. The maximum absolute atomic E-state index is 12.9. The Bertz CT molecular complexity index is 1200. The molecule has 4 rings (SSSR count). The number of carbonyl (C=O) groups excluding carboxylic acids is 2. The smallest absolute Gasteiger partial charge is 0.244 e. The van der Waals surface area contributed by atoms with Crippen molar-refractivity contribution in [3.63, 3.8) is 0 Å². The van der Waals surface area contributed by atoms with Crippen LogP contribution in [0.15, 0.2) is 60.7 Å². The molecule has 3 aromatic rings. The lowest BCUT2D eigenvalue weighted by Gasteiger charge is -2.24. The Morgan fingerprint density at radius 1 is 1.15 bits per heavy atom. The van der Waals surface area contributed by atoms with Crippen LogP contribution in [0, 0.1) is 13.8 Å². The Kier molecular flexibility index (Phi) is 7.48. The molecular formula is C27H29ClN4O2. The lowest BCUT2D eigenvalue weighted by Crippen LogP contribution is -2.38. The molecule has 1 fully saturated rings. The zero-order valence-electron chi connectivity index (χ0n) is 19.5. The molecule has 1 unspecified atom stereocenters. The zero-order chi connectivity index (χ0) is 24.1. The number of halogens is 1. The van der Waals surface area contributed by atoms with Gasteiger partial charge in [0.2, 0.25) is 11.8 Å². The Hall–Kier alpha value is -3.38. The van der Waals surface area contributed by atoms with E-state index in [1.54, 1.807) is 12.2 Å². The molecule has 6 nitrogen and oxygen atoms in total. The molecule has 34 heavy (non-hydrogen) atoms. The van der Waals surface area contributed by atoms with Gasteiger partial charge in [0, 0.05) is 41.9 Å². The predicted octanol–water partition coefficient (Wildman–Crippen LogP) is 4.69. The van der Waals surface area contributed by atoms with E-state index in [-0.39, 0.29) is 17.9 Å². The highest BCUT2D eigenvalue weighted by molar-refractivity contribution is 6.31. The van der Waals surface area contributed by atoms with Crippen molar-refractivity contribution in [3.8, 4) is 0 Å². The third-order valence-electron chi connectivity index (χ3n) is 6.21. The second-order valence-electron chi connectivity index (χ2n) is 8.58. The minimum Gasteiger partial charge on any atom is -0.344 e. The minimum atomic E-state index is -0.273. The van der Waals surface area contributed by atoms with Crippen LogP contribution in [0.3, 0.4) is 0 Å². The maximum atomic E-state index is 12.9. The first kappa shape index (κ1) is 23.8. The monoisotopic (exact) mass is 476 g/mol. The molecule has 2 amide bonds. The van der Waals surface area contributed by atoms with Crippen molar-refractivity contribution in [1.29, 1.82) is 0 Å². The summed E-state index contributed by atoms with van der Waals surface area (Å²) in [6.07, 6.45) is 4.79. The number of likely N-dealkylation sites (tertiary alicyclic amines) is 1. The van der Waals surface area contributed by atoms with E-state index in [1.807, 2.05) is 78.0 Å². The molecule has 1 saturated heterocycles. The van der Waals surface area contributed by atoms with Crippen LogP contribution in [0.4, 0.5) is 0 Å². The summed E-state index contributed by atoms with van der Waals surface area (Å²) in [5.74, 6) is -0.0685. The number of rotatable bonds is 8. The molecule has 0 spiro atoms. The second-order valence-corrected chi connectivity index (χ2v) is 8.99. The quantitative estimate of drug-likeness (QED) is 0.479. The van der Waals surface area contributed by atoms with E-state index in [1.165, 1.54) is 0 Å². The molecule has 0 bridgehead atoms. The van der Waals surface area contributed by atoms with Gasteiger partial charge in [0.05, 0.1) is 18.3 Å². The average molecular weight is 477 g/mol. The highest BCUT2D eigenvalue weighted by Crippen LogP contribution is 2.21. The van der Waals surface area contributed by atoms with Gasteiger partial charge < -0.3 is 10.2 Å². The van der Waals surface area contributed by atoms with Crippen LogP contribution >= 0.6 is 11.6 Å². The van der Waals surface area contributed by atoms with Gasteiger partial charge >= 0.3 is 0 Å². The molecule has 7 heteroatoms. The molecule has 1 aliphatic rings. The molecule has 0 saturated carbocycles. The van der Waals surface area contributed by atoms with Crippen molar-refractivity contribution >= 4 is 29.5 Å². The Morgan fingerprint density at radius 2 is 1.88 bits per heavy atom. The first-order chi connectivity index (χ1) is 16.4. The number of hydrogen-bond donors (Lipinski definition) is 1. The van der Waals surface area contributed by atoms with Gasteiger partial charge in [0.1, 0.15) is 0 Å². The summed E-state index contributed by atoms with van der Waals surface area (Å²) in [5, 5.41) is 8.42. The van der Waals surface area contributed by atoms with E-state index in [2.05, 4.69) is 10.4 Å². The van der Waals surface area contributed by atoms with Crippen molar-refractivity contribution in [2.24, 2.45) is 0 Å². The second kappa shape index (κ2) is 10.7. The van der Waals surface area contributed by atoms with Crippen LogP contribution in [0.1, 0.15) is 47.0 Å². The fourth-order valence-electron chi connectivity index (χ4n) is 4.31. The van der Waals surface area contributed by atoms with E-state index >= 15 is 0 Å². The van der Waals surface area contributed by atoms with Crippen LogP contribution in [-0.4, -0.2) is 39.6 Å². The number of aryl methyl sites for hydroxylation is 1. The summed E-state index contributed by atoms with van der Waals surface area (Å²) in [5.41, 5.74) is 4.68. The Labute approximate surface area is 205 Å². The summed E-state index contributed by atoms with van der Waals surface area (Å²) in [6.45, 7) is 5.68. The fraction of sp³-hybridized carbons (Fsp3) is 0.296. The summed E-state index contributed by atoms with van der Waals surface area (Å²) < 4.78 is 1.90. The van der Waals surface area contributed by atoms with Crippen LogP contribution in [0.2, 0.25) is 5.02 Å². The molecule has 1 aromatic heterocycles. The van der Waals surface area contributed by atoms with E-state index < -0.39 is 0 Å². The Balaban J connectivity index is 1.48. The number of nitrogens with one attached hydrogen (secondary N) is 1. The van der Waals surface area contributed by atoms with Gasteiger partial charge in [-0.15, -0.1) is 0 Å². The Morgan fingerprint density at radius 3 is 2.59 bits per heavy atom. The summed E-state index contributed by atoms with van der Waals surface area (Å²) >= 11 is 6.31. The third-order valence-corrected chi connectivity index (χ3v) is 6.58.